The maximum Gasteiger partial charge on any atom is 0.289 e. The van der Waals surface area contributed by atoms with Crippen molar-refractivity contribution in [2.45, 2.75) is 37.0 Å². The highest BCUT2D eigenvalue weighted by Gasteiger charge is 2.32. The fourth-order valence-electron chi connectivity index (χ4n) is 4.19. The van der Waals surface area contributed by atoms with E-state index < -0.39 is 14.9 Å². The third kappa shape index (κ3) is 4.44. The number of carbonyl (C=O) groups excluding carboxylic acids is 1. The lowest BCUT2D eigenvalue weighted by Crippen LogP contribution is -2.41. The fourth-order valence-corrected chi connectivity index (χ4v) is 5.90. The van der Waals surface area contributed by atoms with Crippen molar-refractivity contribution in [2.75, 3.05) is 18.4 Å². The van der Waals surface area contributed by atoms with Crippen molar-refractivity contribution in [3.05, 3.63) is 62.7 Å². The first-order valence-corrected chi connectivity index (χ1v) is 11.9. The molecule has 2 aromatic rings. The van der Waals surface area contributed by atoms with Crippen molar-refractivity contribution < 1.29 is 18.1 Å². The van der Waals surface area contributed by atoms with Crippen LogP contribution in [0.25, 0.3) is 0 Å². The van der Waals surface area contributed by atoms with Crippen LogP contribution in [-0.2, 0) is 27.7 Å². The summed E-state index contributed by atoms with van der Waals surface area (Å²) in [5.41, 5.74) is 2.33. The third-order valence-electron chi connectivity index (χ3n) is 5.94. The number of aryl methyl sites for hydroxylation is 2. The molecule has 1 N–H and O–H groups in total. The molecule has 1 heterocycles. The second-order valence-electron chi connectivity index (χ2n) is 7.87. The summed E-state index contributed by atoms with van der Waals surface area (Å²) >= 11 is 5.80. The molecule has 0 bridgehead atoms. The summed E-state index contributed by atoms with van der Waals surface area (Å²) < 4.78 is 27.5. The van der Waals surface area contributed by atoms with Gasteiger partial charge in [-0.1, -0.05) is 17.7 Å². The van der Waals surface area contributed by atoms with Crippen LogP contribution in [-0.4, -0.2) is 36.6 Å². The lowest BCUT2D eigenvalue weighted by Gasteiger charge is -2.30. The molecule has 0 aromatic heterocycles. The molecule has 2 aromatic carbocycles. The van der Waals surface area contributed by atoms with Crippen LogP contribution in [0.3, 0.4) is 0 Å². The zero-order valence-electron chi connectivity index (χ0n) is 16.7. The average molecular weight is 464 g/mol. The number of nitrogens with zero attached hydrogens (tertiary/aromatic N) is 2. The monoisotopic (exact) mass is 463 g/mol. The highest BCUT2D eigenvalue weighted by atomic mass is 35.5. The van der Waals surface area contributed by atoms with Gasteiger partial charge in [-0.3, -0.25) is 14.9 Å². The van der Waals surface area contributed by atoms with Gasteiger partial charge in [0.25, 0.3) is 5.69 Å². The van der Waals surface area contributed by atoms with E-state index >= 15 is 0 Å². The van der Waals surface area contributed by atoms with Gasteiger partial charge in [-0.2, -0.15) is 4.31 Å². The predicted octanol–water partition coefficient (Wildman–Crippen LogP) is 3.78. The van der Waals surface area contributed by atoms with Crippen LogP contribution >= 0.6 is 11.6 Å². The summed E-state index contributed by atoms with van der Waals surface area (Å²) in [4.78, 5) is 23.3. The normalized spacial score (nSPS) is 17.3. The molecule has 1 aliphatic carbocycles. The van der Waals surface area contributed by atoms with E-state index in [4.69, 9.17) is 11.6 Å². The first kappa shape index (κ1) is 21.7. The van der Waals surface area contributed by atoms with Gasteiger partial charge in [-0.25, -0.2) is 8.42 Å². The van der Waals surface area contributed by atoms with Crippen LogP contribution in [0.5, 0.6) is 0 Å². The van der Waals surface area contributed by atoms with Crippen molar-refractivity contribution >= 4 is 38.9 Å². The number of nitro groups is 1. The maximum atomic E-state index is 13.0. The molecule has 1 saturated heterocycles. The Hall–Kier alpha value is -2.49. The quantitative estimate of drug-likeness (QED) is 0.536. The van der Waals surface area contributed by atoms with E-state index in [9.17, 15) is 23.3 Å². The third-order valence-corrected chi connectivity index (χ3v) is 8.16. The highest BCUT2D eigenvalue weighted by molar-refractivity contribution is 7.89. The summed E-state index contributed by atoms with van der Waals surface area (Å²) in [6, 6.07) is 9.44. The van der Waals surface area contributed by atoms with Crippen LogP contribution < -0.4 is 5.32 Å². The molecule has 4 rings (SSSR count). The number of anilines is 1. The largest absolute Gasteiger partial charge is 0.326 e. The standard InChI is InChI=1S/C21H22ClN3O5S/c22-19-7-5-17(13-20(19)25(27)28)23-21(26)15-8-10-24(11-9-15)31(29,30)18-6-4-14-2-1-3-16(14)12-18/h4-7,12-13,15H,1-3,8-11H2,(H,23,26). The first-order chi connectivity index (χ1) is 14.8. The molecule has 0 atom stereocenters. The number of hydrogen-bond donors (Lipinski definition) is 1. The molecule has 31 heavy (non-hydrogen) atoms. The van der Waals surface area contributed by atoms with Crippen LogP contribution in [0.4, 0.5) is 11.4 Å². The number of benzene rings is 2. The Labute approximate surface area is 185 Å². The second kappa shape index (κ2) is 8.57. The number of piperidine rings is 1. The Bertz CT molecular complexity index is 1140. The number of nitro benzene ring substituents is 1. The van der Waals surface area contributed by atoms with Crippen molar-refractivity contribution in [2.24, 2.45) is 5.92 Å². The van der Waals surface area contributed by atoms with Gasteiger partial charge in [-0.15, -0.1) is 0 Å². The summed E-state index contributed by atoms with van der Waals surface area (Å²) in [6.45, 7) is 0.497. The van der Waals surface area contributed by atoms with Crippen molar-refractivity contribution in [1.29, 1.82) is 0 Å². The SMILES string of the molecule is O=C(Nc1ccc(Cl)c([N+](=O)[O-])c1)C1CCN(S(=O)(=O)c2ccc3c(c2)CCC3)CC1. The number of sulfonamides is 1. The minimum atomic E-state index is -3.60. The first-order valence-electron chi connectivity index (χ1n) is 10.1. The van der Waals surface area contributed by atoms with Crippen LogP contribution in [0.2, 0.25) is 5.02 Å². The van der Waals surface area contributed by atoms with Crippen LogP contribution in [0.15, 0.2) is 41.3 Å². The topological polar surface area (TPSA) is 110 Å². The summed E-state index contributed by atoms with van der Waals surface area (Å²) in [6.07, 6.45) is 3.71. The van der Waals surface area contributed by atoms with E-state index in [0.29, 0.717) is 17.7 Å². The maximum absolute atomic E-state index is 13.0. The summed E-state index contributed by atoms with van der Waals surface area (Å²) in [5, 5.41) is 13.7. The number of carbonyl (C=O) groups is 1. The molecular weight excluding hydrogens is 442 g/mol. The Morgan fingerprint density at radius 2 is 1.81 bits per heavy atom. The van der Waals surface area contributed by atoms with Crippen molar-refractivity contribution in [1.82, 2.24) is 4.31 Å². The second-order valence-corrected chi connectivity index (χ2v) is 10.2. The van der Waals surface area contributed by atoms with Crippen molar-refractivity contribution in [3.63, 3.8) is 0 Å². The van der Waals surface area contributed by atoms with Crippen LogP contribution in [0, 0.1) is 16.0 Å². The fraction of sp³-hybridized carbons (Fsp3) is 0.381. The molecule has 2 aliphatic rings. The Balaban J connectivity index is 1.40. The Morgan fingerprint density at radius 1 is 1.10 bits per heavy atom. The smallest absolute Gasteiger partial charge is 0.289 e. The van der Waals surface area contributed by atoms with E-state index in [2.05, 4.69) is 5.32 Å². The Morgan fingerprint density at radius 3 is 2.52 bits per heavy atom. The predicted molar refractivity (Wildman–Crippen MR) is 117 cm³/mol. The lowest BCUT2D eigenvalue weighted by atomic mass is 9.97. The number of fused-ring (bicyclic) bond motifs is 1. The molecule has 0 unspecified atom stereocenters. The summed E-state index contributed by atoms with van der Waals surface area (Å²) in [7, 11) is -3.60. The molecular formula is C21H22ClN3O5S. The van der Waals surface area contributed by atoms with Crippen molar-refractivity contribution in [3.8, 4) is 0 Å². The van der Waals surface area contributed by atoms with E-state index in [1.165, 1.54) is 28.1 Å². The molecule has 0 spiro atoms. The molecule has 164 valence electrons. The zero-order valence-corrected chi connectivity index (χ0v) is 18.3. The molecule has 1 amide bonds. The van der Waals surface area contributed by atoms with Gasteiger partial charge in [-0.05, 0) is 67.5 Å². The Kier molecular flexibility index (Phi) is 6.00. The highest BCUT2D eigenvalue weighted by Crippen LogP contribution is 2.30. The number of rotatable bonds is 5. The summed E-state index contributed by atoms with van der Waals surface area (Å²) in [5.74, 6) is -0.660. The molecule has 8 nitrogen and oxygen atoms in total. The van der Waals surface area contributed by atoms with Gasteiger partial charge in [0.2, 0.25) is 15.9 Å². The van der Waals surface area contributed by atoms with Gasteiger partial charge in [0.1, 0.15) is 5.02 Å². The van der Waals surface area contributed by atoms with Gasteiger partial charge in [0.05, 0.1) is 9.82 Å². The van der Waals surface area contributed by atoms with Gasteiger partial charge < -0.3 is 5.32 Å². The minimum Gasteiger partial charge on any atom is -0.326 e. The molecule has 0 radical (unpaired) electrons. The van der Waals surface area contributed by atoms with E-state index in [0.717, 1.165) is 24.8 Å². The number of nitrogens with one attached hydrogen (secondary N) is 1. The average Bonchev–Trinajstić information content (AvgIpc) is 3.23. The molecule has 1 aliphatic heterocycles. The molecule has 1 fully saturated rings. The van der Waals surface area contributed by atoms with Gasteiger partial charge >= 0.3 is 0 Å². The van der Waals surface area contributed by atoms with Crippen LogP contribution in [0.1, 0.15) is 30.4 Å². The molecule has 0 saturated carbocycles. The minimum absolute atomic E-state index is 0.00642. The molecule has 10 heteroatoms. The van der Waals surface area contributed by atoms with E-state index in [1.807, 2.05) is 6.07 Å². The zero-order chi connectivity index (χ0) is 22.2. The number of hydrogen-bond acceptors (Lipinski definition) is 5. The number of amides is 1. The van der Waals surface area contributed by atoms with E-state index in [-0.39, 0.29) is 41.3 Å². The van der Waals surface area contributed by atoms with E-state index in [1.54, 1.807) is 12.1 Å². The van der Waals surface area contributed by atoms with Gasteiger partial charge in [0.15, 0.2) is 0 Å². The van der Waals surface area contributed by atoms with Gasteiger partial charge in [0, 0.05) is 30.8 Å². The number of halogens is 1. The lowest BCUT2D eigenvalue weighted by molar-refractivity contribution is -0.384.